The van der Waals surface area contributed by atoms with Gasteiger partial charge in [0.25, 0.3) is 0 Å². The smallest absolute Gasteiger partial charge is 0.405 e. The Balaban J connectivity index is 2.72. The molecule has 130 valence electrons. The summed E-state index contributed by atoms with van der Waals surface area (Å²) in [6, 6.07) is 6.06. The molecule has 6 nitrogen and oxygen atoms in total. The van der Waals surface area contributed by atoms with Crippen LogP contribution in [-0.2, 0) is 9.53 Å². The fraction of sp³-hybridized carbons (Fsp3) is 0.214. The van der Waals surface area contributed by atoms with Gasteiger partial charge < -0.3 is 21.2 Å². The van der Waals surface area contributed by atoms with Gasteiger partial charge in [0.1, 0.15) is 17.9 Å². The molecule has 0 radical (unpaired) electrons. The zero-order valence-electron chi connectivity index (χ0n) is 12.1. The minimum absolute atomic E-state index is 0.121. The van der Waals surface area contributed by atoms with E-state index in [9.17, 15) is 22.8 Å². The van der Waals surface area contributed by atoms with Crippen LogP contribution >= 0.6 is 11.6 Å². The maximum absolute atomic E-state index is 12.1. The van der Waals surface area contributed by atoms with Crippen LogP contribution in [0.25, 0.3) is 0 Å². The number of halogens is 4. The van der Waals surface area contributed by atoms with Gasteiger partial charge in [0, 0.05) is 11.8 Å². The van der Waals surface area contributed by atoms with E-state index in [0.717, 1.165) is 0 Å². The van der Waals surface area contributed by atoms with Gasteiger partial charge in [-0.2, -0.15) is 13.2 Å². The zero-order chi connectivity index (χ0) is 18.3. The summed E-state index contributed by atoms with van der Waals surface area (Å²) in [6.45, 7) is -2.19. The second-order valence-corrected chi connectivity index (χ2v) is 4.83. The third kappa shape index (κ3) is 5.92. The van der Waals surface area contributed by atoms with Gasteiger partial charge in [-0.25, -0.2) is 4.79 Å². The summed E-state index contributed by atoms with van der Waals surface area (Å²) in [5.74, 6) is -2.50. The highest BCUT2D eigenvalue weighted by molar-refractivity contribution is 6.34. The van der Waals surface area contributed by atoms with Crippen LogP contribution in [0.1, 0.15) is 10.4 Å². The molecule has 1 aromatic rings. The van der Waals surface area contributed by atoms with Crippen molar-refractivity contribution >= 4 is 29.6 Å². The van der Waals surface area contributed by atoms with Crippen molar-refractivity contribution in [2.45, 2.75) is 6.18 Å². The van der Waals surface area contributed by atoms with Gasteiger partial charge in [0.05, 0.1) is 5.02 Å². The number of ketones is 1. The largest absolute Gasteiger partial charge is 0.454 e. The molecule has 1 rings (SSSR count). The quantitative estimate of drug-likeness (QED) is 0.297. The number of nitrogens with one attached hydrogen (secondary N) is 2. The van der Waals surface area contributed by atoms with Gasteiger partial charge in [-0.1, -0.05) is 23.7 Å². The highest BCUT2D eigenvalue weighted by Gasteiger charge is 2.27. The lowest BCUT2D eigenvalue weighted by atomic mass is 10.1. The first-order valence-electron chi connectivity index (χ1n) is 6.41. The summed E-state index contributed by atoms with van der Waals surface area (Å²) in [4.78, 5) is 23.6. The van der Waals surface area contributed by atoms with Gasteiger partial charge in [-0.05, 0) is 12.1 Å². The molecule has 0 spiro atoms. The van der Waals surface area contributed by atoms with Crippen LogP contribution in [0.4, 0.5) is 13.2 Å². The average molecular weight is 364 g/mol. The van der Waals surface area contributed by atoms with Crippen LogP contribution < -0.4 is 11.1 Å². The molecule has 0 aromatic heterocycles. The number of carbonyl (C=O) groups excluding carboxylic acids is 2. The van der Waals surface area contributed by atoms with E-state index in [1.165, 1.54) is 12.1 Å². The second-order valence-electron chi connectivity index (χ2n) is 4.42. The molecule has 1 aromatic carbocycles. The first kappa shape index (κ1) is 19.5. The van der Waals surface area contributed by atoms with E-state index >= 15 is 0 Å². The number of ether oxygens (including phenoxy) is 1. The summed E-state index contributed by atoms with van der Waals surface area (Å²) in [6.07, 6.45) is -4.12. The lowest BCUT2D eigenvalue weighted by Gasteiger charge is -2.12. The molecule has 10 heteroatoms. The number of hydrogen-bond acceptors (Lipinski definition) is 6. The lowest BCUT2D eigenvalue weighted by Crippen LogP contribution is -2.34. The molecule has 0 aliphatic carbocycles. The predicted molar refractivity (Wildman–Crippen MR) is 80.8 cm³/mol. The maximum Gasteiger partial charge on any atom is 0.405 e. The molecule has 0 bridgehead atoms. The molecule has 0 aliphatic rings. The Morgan fingerprint density at radius 1 is 1.33 bits per heavy atom. The topological polar surface area (TPSA) is 105 Å². The average Bonchev–Trinajstić information content (AvgIpc) is 2.51. The van der Waals surface area contributed by atoms with Crippen LogP contribution in [0, 0.1) is 5.41 Å². The fourth-order valence-corrected chi connectivity index (χ4v) is 1.75. The molecule has 0 amide bonds. The van der Waals surface area contributed by atoms with Crippen molar-refractivity contribution in [3.63, 3.8) is 0 Å². The number of rotatable bonds is 7. The SMILES string of the molecule is N=C/C(C(=O)OCC(=O)c1ccccc1Cl)=C(/N)NCC(F)(F)F. The van der Waals surface area contributed by atoms with E-state index in [1.807, 2.05) is 0 Å². The highest BCUT2D eigenvalue weighted by atomic mass is 35.5. The molecule has 0 unspecified atom stereocenters. The van der Waals surface area contributed by atoms with Gasteiger partial charge in [0.15, 0.2) is 6.61 Å². The van der Waals surface area contributed by atoms with Crippen LogP contribution in [0.15, 0.2) is 35.7 Å². The molecule has 0 fully saturated rings. The van der Waals surface area contributed by atoms with Crippen LogP contribution in [0.5, 0.6) is 0 Å². The standard InChI is InChI=1S/C14H13ClF3N3O3/c15-10-4-2-1-3-8(10)11(22)6-24-13(23)9(5-19)12(20)21-7-14(16,17)18/h1-5,19,21H,6-7,20H2/b12-9+,19-5?. The second kappa shape index (κ2) is 8.34. The van der Waals surface area contributed by atoms with Crippen molar-refractivity contribution in [1.82, 2.24) is 5.32 Å². The van der Waals surface area contributed by atoms with E-state index in [1.54, 1.807) is 17.4 Å². The normalized spacial score (nSPS) is 12.2. The Labute approximate surface area is 139 Å². The summed E-state index contributed by atoms with van der Waals surface area (Å²) in [5.41, 5.74) is 4.78. The number of nitrogens with two attached hydrogens (primary N) is 1. The summed E-state index contributed by atoms with van der Waals surface area (Å²) >= 11 is 5.82. The lowest BCUT2D eigenvalue weighted by molar-refractivity contribution is -0.137. The minimum atomic E-state index is -4.55. The van der Waals surface area contributed by atoms with E-state index < -0.39 is 42.5 Å². The van der Waals surface area contributed by atoms with Crippen molar-refractivity contribution in [2.75, 3.05) is 13.2 Å². The van der Waals surface area contributed by atoms with Crippen molar-refractivity contribution in [1.29, 1.82) is 5.41 Å². The van der Waals surface area contributed by atoms with E-state index in [2.05, 4.69) is 4.74 Å². The first-order chi connectivity index (χ1) is 11.2. The summed E-state index contributed by atoms with van der Waals surface area (Å²) in [5, 5.41) is 8.97. The van der Waals surface area contributed by atoms with Crippen molar-refractivity contribution in [3.8, 4) is 0 Å². The Hall–Kier alpha value is -2.55. The third-order valence-electron chi connectivity index (χ3n) is 2.64. The molecule has 24 heavy (non-hydrogen) atoms. The number of carbonyl (C=O) groups is 2. The van der Waals surface area contributed by atoms with Crippen LogP contribution in [0.2, 0.25) is 5.02 Å². The van der Waals surface area contributed by atoms with E-state index in [4.69, 9.17) is 22.7 Å². The van der Waals surface area contributed by atoms with Gasteiger partial charge in [-0.15, -0.1) is 0 Å². The number of Topliss-reactive ketones (excluding diaryl/α,β-unsaturated/α-hetero) is 1. The number of benzene rings is 1. The number of esters is 1. The first-order valence-corrected chi connectivity index (χ1v) is 6.79. The van der Waals surface area contributed by atoms with E-state index in [-0.39, 0.29) is 10.6 Å². The highest BCUT2D eigenvalue weighted by Crippen LogP contribution is 2.16. The van der Waals surface area contributed by atoms with Gasteiger partial charge in [0.2, 0.25) is 5.78 Å². The molecule has 4 N–H and O–H groups in total. The summed E-state index contributed by atoms with van der Waals surface area (Å²) in [7, 11) is 0. The van der Waals surface area contributed by atoms with Crippen molar-refractivity contribution in [2.24, 2.45) is 5.73 Å². The molecule has 0 saturated carbocycles. The third-order valence-corrected chi connectivity index (χ3v) is 2.97. The Morgan fingerprint density at radius 2 is 1.96 bits per heavy atom. The van der Waals surface area contributed by atoms with E-state index in [0.29, 0.717) is 6.21 Å². The Bertz CT molecular complexity index is 675. The van der Waals surface area contributed by atoms with Gasteiger partial charge >= 0.3 is 12.1 Å². The minimum Gasteiger partial charge on any atom is -0.454 e. The van der Waals surface area contributed by atoms with Crippen LogP contribution in [0.3, 0.4) is 0 Å². The van der Waals surface area contributed by atoms with Crippen molar-refractivity contribution in [3.05, 3.63) is 46.2 Å². The Kier molecular flexibility index (Phi) is 6.78. The van der Waals surface area contributed by atoms with Crippen LogP contribution in [-0.4, -0.2) is 37.3 Å². The summed E-state index contributed by atoms with van der Waals surface area (Å²) < 4.78 is 40.9. The van der Waals surface area contributed by atoms with Gasteiger partial charge in [-0.3, -0.25) is 4.79 Å². The Morgan fingerprint density at radius 3 is 2.50 bits per heavy atom. The fourth-order valence-electron chi connectivity index (χ4n) is 1.51. The van der Waals surface area contributed by atoms with Crippen molar-refractivity contribution < 1.29 is 27.5 Å². The monoisotopic (exact) mass is 363 g/mol. The number of alkyl halides is 3. The number of hydrogen-bond donors (Lipinski definition) is 3. The molecular formula is C14H13ClF3N3O3. The molecular weight excluding hydrogens is 351 g/mol. The molecule has 0 saturated heterocycles. The maximum atomic E-state index is 12.1. The molecule has 0 aliphatic heterocycles. The predicted octanol–water partition coefficient (Wildman–Crippen LogP) is 2.04. The molecule has 0 heterocycles. The molecule has 0 atom stereocenters. The zero-order valence-corrected chi connectivity index (χ0v) is 12.9.